The van der Waals surface area contributed by atoms with E-state index in [0.29, 0.717) is 6.04 Å². The lowest BCUT2D eigenvalue weighted by Gasteiger charge is -2.17. The maximum Gasteiger partial charge on any atom is 0.322 e. The van der Waals surface area contributed by atoms with Crippen LogP contribution in [0.15, 0.2) is 0 Å². The van der Waals surface area contributed by atoms with Gasteiger partial charge in [0.2, 0.25) is 17.7 Å². The molecule has 35 heavy (non-hydrogen) atoms. The van der Waals surface area contributed by atoms with Crippen molar-refractivity contribution in [2.75, 3.05) is 13.1 Å². The summed E-state index contributed by atoms with van der Waals surface area (Å²) in [5.41, 5.74) is 5.11. The van der Waals surface area contributed by atoms with Crippen molar-refractivity contribution in [2.45, 2.75) is 105 Å². The number of carbonyl (C=O) groups excluding carboxylic acids is 3. The quantitative estimate of drug-likeness (QED) is 0.190. The van der Waals surface area contributed by atoms with Crippen LogP contribution in [0.5, 0.6) is 0 Å². The number of aliphatic hydroxyl groups excluding tert-OH is 2. The van der Waals surface area contributed by atoms with E-state index in [1.807, 2.05) is 48.5 Å². The van der Waals surface area contributed by atoms with E-state index in [9.17, 15) is 29.4 Å². The number of aliphatic hydroxyl groups is 2. The molecule has 0 aliphatic rings. The van der Waals surface area contributed by atoms with Crippen LogP contribution < -0.4 is 21.7 Å². The van der Waals surface area contributed by atoms with Crippen LogP contribution in [0.25, 0.3) is 0 Å². The molecule has 4 atom stereocenters. The van der Waals surface area contributed by atoms with Gasteiger partial charge in [-0.05, 0) is 44.6 Å². The molecule has 0 spiro atoms. The van der Waals surface area contributed by atoms with Gasteiger partial charge in [-0.2, -0.15) is 0 Å². The van der Waals surface area contributed by atoms with Gasteiger partial charge in [0, 0.05) is 6.04 Å². The zero-order valence-corrected chi connectivity index (χ0v) is 22.8. The second-order valence-corrected chi connectivity index (χ2v) is 9.22. The van der Waals surface area contributed by atoms with E-state index in [0.717, 1.165) is 25.7 Å². The molecule has 0 radical (unpaired) electrons. The lowest BCUT2D eigenvalue weighted by Crippen LogP contribution is -2.44. The van der Waals surface area contributed by atoms with Crippen LogP contribution in [-0.4, -0.2) is 76.4 Å². The van der Waals surface area contributed by atoms with Crippen LogP contribution in [0.2, 0.25) is 0 Å². The highest BCUT2D eigenvalue weighted by Gasteiger charge is 2.22. The molecular formula is C24H50N4O7. The molecule has 0 heterocycles. The van der Waals surface area contributed by atoms with Crippen LogP contribution in [0.3, 0.4) is 0 Å². The summed E-state index contributed by atoms with van der Waals surface area (Å²) in [7, 11) is 0. The first-order valence-corrected chi connectivity index (χ1v) is 12.3. The molecule has 0 saturated heterocycles. The molecule has 11 heteroatoms. The molecule has 3 amide bonds. The van der Waals surface area contributed by atoms with Gasteiger partial charge in [0.1, 0.15) is 18.8 Å². The van der Waals surface area contributed by atoms with Crippen molar-refractivity contribution in [1.82, 2.24) is 16.0 Å². The summed E-state index contributed by atoms with van der Waals surface area (Å²) >= 11 is 0. The average molecular weight is 507 g/mol. The highest BCUT2D eigenvalue weighted by atomic mass is 16.4. The normalized spacial score (nSPS) is 13.7. The van der Waals surface area contributed by atoms with Crippen molar-refractivity contribution in [2.24, 2.45) is 17.6 Å². The second-order valence-electron chi connectivity index (χ2n) is 9.22. The summed E-state index contributed by atoms with van der Waals surface area (Å²) in [5, 5.41) is 34.6. The van der Waals surface area contributed by atoms with Gasteiger partial charge >= 0.3 is 5.97 Å². The molecule has 0 rings (SSSR count). The SMILES string of the molecule is CC(C)N.CCCC(C)C(O)C(=O)NCC(=O)NC(C)C.CCCC(C)C(O)C(=O)NCC(=O)O. The first-order valence-electron chi connectivity index (χ1n) is 12.3. The third-order valence-corrected chi connectivity index (χ3v) is 4.39. The Kier molecular flexibility index (Phi) is 23.7. The van der Waals surface area contributed by atoms with Crippen molar-refractivity contribution < 1.29 is 34.5 Å². The highest BCUT2D eigenvalue weighted by Crippen LogP contribution is 2.11. The Morgan fingerprint density at radius 1 is 0.743 bits per heavy atom. The third-order valence-electron chi connectivity index (χ3n) is 4.39. The molecular weight excluding hydrogens is 456 g/mol. The van der Waals surface area contributed by atoms with E-state index in [2.05, 4.69) is 16.0 Å². The maximum absolute atomic E-state index is 11.5. The first-order chi connectivity index (χ1) is 16.1. The largest absolute Gasteiger partial charge is 0.480 e. The van der Waals surface area contributed by atoms with Crippen LogP contribution in [0, 0.1) is 11.8 Å². The fourth-order valence-corrected chi connectivity index (χ4v) is 2.66. The van der Waals surface area contributed by atoms with E-state index in [-0.39, 0.29) is 30.3 Å². The molecule has 8 N–H and O–H groups in total. The van der Waals surface area contributed by atoms with Gasteiger partial charge in [0.15, 0.2) is 0 Å². The van der Waals surface area contributed by atoms with Crippen LogP contribution >= 0.6 is 0 Å². The molecule has 208 valence electrons. The molecule has 0 aliphatic heterocycles. The minimum Gasteiger partial charge on any atom is -0.480 e. The summed E-state index contributed by atoms with van der Waals surface area (Å²) in [6, 6.07) is 0.378. The van der Waals surface area contributed by atoms with Gasteiger partial charge in [0.05, 0.1) is 6.54 Å². The number of aliphatic carboxylic acids is 1. The Morgan fingerprint density at radius 2 is 1.09 bits per heavy atom. The van der Waals surface area contributed by atoms with Crippen LogP contribution in [0.4, 0.5) is 0 Å². The number of amides is 3. The van der Waals surface area contributed by atoms with Crippen molar-refractivity contribution >= 4 is 23.7 Å². The van der Waals surface area contributed by atoms with Crippen LogP contribution in [0.1, 0.15) is 81.1 Å². The standard InChI is InChI=1S/C12H24N2O3.C9H17NO4.C3H9N/c1-5-6-9(4)11(16)12(17)13-7-10(15)14-8(2)3;1-3-4-6(2)8(13)9(14)10-5-7(11)12;1-3(2)4/h8-9,11,16H,5-7H2,1-4H3,(H,13,17)(H,14,15);6,8,13H,3-5H2,1-2H3,(H,10,14)(H,11,12);3H,4H2,1-2H3. The van der Waals surface area contributed by atoms with Crippen molar-refractivity contribution in [1.29, 1.82) is 0 Å². The lowest BCUT2D eigenvalue weighted by molar-refractivity contribution is -0.140. The molecule has 4 unspecified atom stereocenters. The summed E-state index contributed by atoms with van der Waals surface area (Å²) in [6.07, 6.45) is 1.16. The van der Waals surface area contributed by atoms with Gasteiger partial charge in [-0.15, -0.1) is 0 Å². The van der Waals surface area contributed by atoms with Crippen LogP contribution in [-0.2, 0) is 19.2 Å². The summed E-state index contributed by atoms with van der Waals surface area (Å²) in [6.45, 7) is 14.6. The van der Waals surface area contributed by atoms with E-state index in [1.54, 1.807) is 6.92 Å². The van der Waals surface area contributed by atoms with E-state index >= 15 is 0 Å². The van der Waals surface area contributed by atoms with E-state index in [4.69, 9.17) is 10.8 Å². The number of nitrogens with one attached hydrogen (secondary N) is 3. The molecule has 0 aromatic carbocycles. The Morgan fingerprint density at radius 3 is 1.37 bits per heavy atom. The second kappa shape index (κ2) is 22.2. The van der Waals surface area contributed by atoms with Gasteiger partial charge < -0.3 is 37.0 Å². The van der Waals surface area contributed by atoms with Crippen molar-refractivity contribution in [3.05, 3.63) is 0 Å². The monoisotopic (exact) mass is 506 g/mol. The number of carboxylic acids is 1. The average Bonchev–Trinajstić information content (AvgIpc) is 2.74. The minimum atomic E-state index is -1.12. The molecule has 0 aromatic rings. The zero-order chi connectivity index (χ0) is 28.1. The van der Waals surface area contributed by atoms with Gasteiger partial charge in [-0.1, -0.05) is 54.4 Å². The predicted octanol–water partition coefficient (Wildman–Crippen LogP) is 0.762. The number of hydrogen-bond acceptors (Lipinski definition) is 7. The maximum atomic E-state index is 11.5. The zero-order valence-electron chi connectivity index (χ0n) is 22.8. The van der Waals surface area contributed by atoms with E-state index < -0.39 is 36.5 Å². The Labute approximate surface area is 210 Å². The Hall–Kier alpha value is -2.24. The van der Waals surface area contributed by atoms with Gasteiger partial charge in [0.25, 0.3) is 0 Å². The summed E-state index contributed by atoms with van der Waals surface area (Å²) < 4.78 is 0. The molecule has 0 aromatic heterocycles. The van der Waals surface area contributed by atoms with Crippen molar-refractivity contribution in [3.8, 4) is 0 Å². The predicted molar refractivity (Wildman–Crippen MR) is 136 cm³/mol. The first kappa shape index (κ1) is 37.3. The van der Waals surface area contributed by atoms with E-state index in [1.165, 1.54) is 0 Å². The molecule has 0 bridgehead atoms. The number of nitrogens with two attached hydrogens (primary N) is 1. The smallest absolute Gasteiger partial charge is 0.322 e. The highest BCUT2D eigenvalue weighted by molar-refractivity contribution is 5.87. The fraction of sp³-hybridized carbons (Fsp3) is 0.833. The topological polar surface area (TPSA) is 191 Å². The minimum absolute atomic E-state index is 0.0448. The summed E-state index contributed by atoms with van der Waals surface area (Å²) in [5.74, 6) is -2.70. The lowest BCUT2D eigenvalue weighted by atomic mass is 9.99. The molecule has 0 aliphatic carbocycles. The number of hydrogen-bond donors (Lipinski definition) is 7. The number of carboxylic acid groups (broad SMARTS) is 1. The Bertz CT molecular complexity index is 598. The fourth-order valence-electron chi connectivity index (χ4n) is 2.66. The van der Waals surface area contributed by atoms with Crippen molar-refractivity contribution in [3.63, 3.8) is 0 Å². The third kappa shape index (κ3) is 24.7. The van der Waals surface area contributed by atoms with Gasteiger partial charge in [-0.25, -0.2) is 0 Å². The molecule has 0 saturated carbocycles. The summed E-state index contributed by atoms with van der Waals surface area (Å²) in [4.78, 5) is 44.0. The number of carbonyl (C=O) groups is 4. The molecule has 0 fully saturated rings. The van der Waals surface area contributed by atoms with Gasteiger partial charge in [-0.3, -0.25) is 19.2 Å². The Balaban J connectivity index is -0.000000514. The molecule has 11 nitrogen and oxygen atoms in total. The number of rotatable bonds is 13.